The quantitative estimate of drug-likeness (QED) is 0.135. The number of hydrogen-bond acceptors (Lipinski definition) is 7. The predicted molar refractivity (Wildman–Crippen MR) is 264 cm³/mol. The average molecular weight is 865 g/mol. The molecule has 3 nitrogen and oxygen atoms in total. The topological polar surface area (TPSA) is 23.6 Å². The van der Waals surface area contributed by atoms with E-state index in [1.54, 1.807) is 34.0 Å². The first-order chi connectivity index (χ1) is 29.5. The highest BCUT2D eigenvalue weighted by molar-refractivity contribution is 7.90. The maximum Gasteiger partial charge on any atom is 0.175 e. The molecule has 290 valence electrons. The fraction of sp³-hybridized carbons (Fsp3) is 0.0385. The molecule has 0 N–H and O–H groups in total. The monoisotopic (exact) mass is 864 g/mol. The molecule has 1 atom stereocenters. The van der Waals surface area contributed by atoms with Crippen molar-refractivity contribution in [1.82, 2.24) is 0 Å². The Hall–Kier alpha value is -5.79. The second-order valence-corrected chi connectivity index (χ2v) is 22.0. The molecule has 11 rings (SSSR count). The zero-order chi connectivity index (χ0) is 40.4. The molecule has 1 aliphatic rings. The van der Waals surface area contributed by atoms with Crippen molar-refractivity contribution >= 4 is 126 Å². The molecular weight excluding hydrogens is 828 g/mol. The fourth-order valence-electron chi connectivity index (χ4n) is 8.57. The molecule has 5 heterocycles. The van der Waals surface area contributed by atoms with E-state index < -0.39 is 7.14 Å². The molecule has 1 aliphatic heterocycles. The Kier molecular flexibility index (Phi) is 9.33. The molecule has 0 radical (unpaired) electrons. The van der Waals surface area contributed by atoms with Gasteiger partial charge in [0.25, 0.3) is 0 Å². The van der Waals surface area contributed by atoms with Crippen molar-refractivity contribution in [3.8, 4) is 0 Å². The second-order valence-electron chi connectivity index (χ2n) is 14.8. The van der Waals surface area contributed by atoms with Crippen molar-refractivity contribution < 1.29 is 4.57 Å². The van der Waals surface area contributed by atoms with E-state index in [9.17, 15) is 0 Å². The number of aryl methyl sites for hydroxylation is 2. The number of fused-ring (bicyclic) bond motifs is 5. The lowest BCUT2D eigenvalue weighted by atomic mass is 10.0. The van der Waals surface area contributed by atoms with E-state index in [1.807, 2.05) is 29.5 Å². The molecule has 6 aromatic carbocycles. The van der Waals surface area contributed by atoms with Gasteiger partial charge in [-0.1, -0.05) is 121 Å². The van der Waals surface area contributed by atoms with Gasteiger partial charge in [-0.2, -0.15) is 0 Å². The van der Waals surface area contributed by atoms with Crippen LogP contribution in [0.5, 0.6) is 0 Å². The van der Waals surface area contributed by atoms with E-state index in [4.69, 9.17) is 0 Å². The number of benzene rings is 6. The maximum absolute atomic E-state index is 17.2. The lowest BCUT2D eigenvalue weighted by molar-refractivity contribution is 0.593. The normalized spacial score (nSPS) is 14.9. The molecule has 1 unspecified atom stereocenters. The fourth-order valence-corrected chi connectivity index (χ4v) is 17.8. The molecule has 0 aliphatic carbocycles. The predicted octanol–water partition coefficient (Wildman–Crippen LogP) is 16.0. The lowest BCUT2D eigenvalue weighted by Crippen LogP contribution is -2.14. The van der Waals surface area contributed by atoms with Crippen molar-refractivity contribution in [3.05, 3.63) is 214 Å². The summed E-state index contributed by atoms with van der Waals surface area (Å²) in [6.45, 7) is 4.44. The smallest absolute Gasteiger partial charge is 0.175 e. The zero-order valence-electron chi connectivity index (χ0n) is 32.8. The number of para-hydroxylation sites is 4. The molecule has 0 saturated heterocycles. The first kappa shape index (κ1) is 37.2. The van der Waals surface area contributed by atoms with Gasteiger partial charge in [0.15, 0.2) is 7.14 Å². The van der Waals surface area contributed by atoms with Gasteiger partial charge in [-0.05, 0) is 86.1 Å². The van der Waals surface area contributed by atoms with Gasteiger partial charge in [-0.3, -0.25) is 0 Å². The summed E-state index contributed by atoms with van der Waals surface area (Å²) in [5.74, 6) is 0. The second kappa shape index (κ2) is 15.0. The zero-order valence-corrected chi connectivity index (χ0v) is 36.9. The molecule has 0 saturated carbocycles. The third-order valence-corrected chi connectivity index (χ3v) is 19.4. The molecule has 0 spiro atoms. The van der Waals surface area contributed by atoms with Crippen LogP contribution in [-0.4, -0.2) is 0 Å². The summed E-state index contributed by atoms with van der Waals surface area (Å²) in [5.41, 5.74) is 7.61. The van der Waals surface area contributed by atoms with Gasteiger partial charge >= 0.3 is 0 Å². The van der Waals surface area contributed by atoms with E-state index in [2.05, 4.69) is 194 Å². The number of thiophene rings is 4. The van der Waals surface area contributed by atoms with Crippen LogP contribution in [0.2, 0.25) is 0 Å². The Morgan fingerprint density at radius 1 is 0.450 bits per heavy atom. The van der Waals surface area contributed by atoms with Crippen molar-refractivity contribution in [2.24, 2.45) is 0 Å². The molecular formula is C52H37N2OPS4. The van der Waals surface area contributed by atoms with Crippen LogP contribution >= 0.6 is 52.5 Å². The van der Waals surface area contributed by atoms with Crippen molar-refractivity contribution in [2.75, 3.05) is 9.80 Å². The SMILES string of the molecule is Cc1sc(N(c2ccccc2)c2ccccc2)cc1C1=C(c2cc(N(c3ccccc3)c3ccccc3)sc2C)P(=O)(c2ccccc2)c2c1sc1c2sc2ccccc21. The minimum Gasteiger partial charge on any atom is -0.308 e. The minimum atomic E-state index is -3.48. The van der Waals surface area contributed by atoms with Gasteiger partial charge in [-0.15, -0.1) is 45.3 Å². The van der Waals surface area contributed by atoms with E-state index in [1.165, 1.54) is 19.7 Å². The minimum absolute atomic E-state index is 0.867. The summed E-state index contributed by atoms with van der Waals surface area (Å²) in [6, 6.07) is 65.9. The van der Waals surface area contributed by atoms with E-state index >= 15 is 4.57 Å². The largest absolute Gasteiger partial charge is 0.308 e. The summed E-state index contributed by atoms with van der Waals surface area (Å²) in [7, 11) is -3.48. The highest BCUT2D eigenvalue weighted by Gasteiger charge is 2.48. The standard InChI is InChI=1S/C52H37N2OPS4/c1-34-42(32-45(57-34)53(36-20-8-3-9-21-36)37-22-10-4-11-23-37)47-48(43-33-46(58-35(43)2)54(38-24-12-5-13-25-38)39-26-14-6-15-27-39)56(55,40-28-16-7-17-29-40)49-51(47)60-50-41-30-18-19-31-44(41)59-52(49)50/h3-33H,1-2H3. The van der Waals surface area contributed by atoms with Crippen molar-refractivity contribution in [2.45, 2.75) is 13.8 Å². The van der Waals surface area contributed by atoms with Crippen LogP contribution in [0, 0.1) is 13.8 Å². The molecule has 0 fully saturated rings. The van der Waals surface area contributed by atoms with Gasteiger partial charge in [0.05, 0.1) is 14.7 Å². The number of hydrogen-bond donors (Lipinski definition) is 0. The van der Waals surface area contributed by atoms with Crippen LogP contribution in [0.25, 0.3) is 30.4 Å². The van der Waals surface area contributed by atoms with Crippen LogP contribution < -0.4 is 20.4 Å². The Bertz CT molecular complexity index is 3180. The first-order valence-corrected chi connectivity index (χ1v) is 24.8. The van der Waals surface area contributed by atoms with Gasteiger partial charge < -0.3 is 14.4 Å². The average Bonchev–Trinajstić information content (AvgIpc) is 4.09. The van der Waals surface area contributed by atoms with Crippen molar-refractivity contribution in [3.63, 3.8) is 0 Å². The van der Waals surface area contributed by atoms with Crippen LogP contribution in [0.15, 0.2) is 188 Å². The van der Waals surface area contributed by atoms with Gasteiger partial charge in [0.2, 0.25) is 0 Å². The highest BCUT2D eigenvalue weighted by atomic mass is 32.1. The summed E-state index contributed by atoms with van der Waals surface area (Å²) < 4.78 is 20.8. The Morgan fingerprint density at radius 2 is 0.883 bits per heavy atom. The third kappa shape index (κ3) is 5.99. The number of rotatable bonds is 9. The molecule has 4 aromatic heterocycles. The first-order valence-electron chi connectivity index (χ1n) is 19.9. The van der Waals surface area contributed by atoms with Crippen molar-refractivity contribution in [1.29, 1.82) is 0 Å². The van der Waals surface area contributed by atoms with Crippen LogP contribution in [0.1, 0.15) is 25.8 Å². The van der Waals surface area contributed by atoms with Gasteiger partial charge in [0, 0.05) is 69.2 Å². The molecule has 60 heavy (non-hydrogen) atoms. The molecule has 8 heteroatoms. The Morgan fingerprint density at radius 3 is 1.40 bits per heavy atom. The maximum atomic E-state index is 17.2. The summed E-state index contributed by atoms with van der Waals surface area (Å²) in [6.07, 6.45) is 0. The van der Waals surface area contributed by atoms with Crippen LogP contribution in [0.4, 0.5) is 32.8 Å². The molecule has 0 bridgehead atoms. The Balaban J connectivity index is 1.22. The highest BCUT2D eigenvalue weighted by Crippen LogP contribution is 2.70. The van der Waals surface area contributed by atoms with Crippen LogP contribution in [-0.2, 0) is 4.57 Å². The summed E-state index contributed by atoms with van der Waals surface area (Å²) >= 11 is 7.15. The van der Waals surface area contributed by atoms with Crippen LogP contribution in [0.3, 0.4) is 0 Å². The third-order valence-electron chi connectivity index (χ3n) is 11.2. The van der Waals surface area contributed by atoms with Gasteiger partial charge in [-0.25, -0.2) is 0 Å². The lowest BCUT2D eigenvalue weighted by Gasteiger charge is -2.23. The van der Waals surface area contributed by atoms with E-state index in [0.717, 1.165) is 79.8 Å². The number of anilines is 6. The van der Waals surface area contributed by atoms with E-state index in [0.29, 0.717) is 0 Å². The molecule has 0 amide bonds. The summed E-state index contributed by atoms with van der Waals surface area (Å²) in [4.78, 5) is 8.12. The summed E-state index contributed by atoms with van der Waals surface area (Å²) in [5, 5.41) is 6.22. The Labute approximate surface area is 365 Å². The number of nitrogens with zero attached hydrogens (tertiary/aromatic N) is 2. The molecule has 10 aromatic rings. The van der Waals surface area contributed by atoms with E-state index in [-0.39, 0.29) is 0 Å². The van der Waals surface area contributed by atoms with Gasteiger partial charge in [0.1, 0.15) is 10.0 Å².